The highest BCUT2D eigenvalue weighted by Crippen LogP contribution is 2.21. The first-order valence-electron chi connectivity index (χ1n) is 5.23. The van der Waals surface area contributed by atoms with Crippen LogP contribution in [0.15, 0.2) is 0 Å². The van der Waals surface area contributed by atoms with Gasteiger partial charge in [0.1, 0.15) is 6.10 Å². The normalized spacial score (nSPS) is 26.3. The van der Waals surface area contributed by atoms with Crippen LogP contribution in [0.1, 0.15) is 27.2 Å². The van der Waals surface area contributed by atoms with Gasteiger partial charge in [-0.1, -0.05) is 0 Å². The monoisotopic (exact) mass is 216 g/mol. The fraction of sp³-hybridized carbons (Fsp3) is 0.900. The van der Waals surface area contributed by atoms with E-state index in [4.69, 9.17) is 15.2 Å². The number of hydrogen-bond donors (Lipinski definition) is 2. The summed E-state index contributed by atoms with van der Waals surface area (Å²) in [4.78, 5) is 11.3. The first kappa shape index (κ1) is 12.4. The van der Waals surface area contributed by atoms with E-state index in [1.165, 1.54) is 0 Å². The van der Waals surface area contributed by atoms with Crippen molar-refractivity contribution in [2.75, 3.05) is 13.2 Å². The summed E-state index contributed by atoms with van der Waals surface area (Å²) in [7, 11) is 0. The molecule has 1 amide bonds. The van der Waals surface area contributed by atoms with Crippen LogP contribution < -0.4 is 11.1 Å². The van der Waals surface area contributed by atoms with Gasteiger partial charge in [0.05, 0.1) is 6.61 Å². The molecule has 0 aromatic rings. The molecule has 5 heteroatoms. The van der Waals surface area contributed by atoms with Crippen molar-refractivity contribution in [1.82, 2.24) is 5.32 Å². The van der Waals surface area contributed by atoms with Crippen molar-refractivity contribution in [3.63, 3.8) is 0 Å². The maximum absolute atomic E-state index is 11.3. The molecule has 2 unspecified atom stereocenters. The van der Waals surface area contributed by atoms with E-state index in [-0.39, 0.29) is 18.1 Å². The van der Waals surface area contributed by atoms with Crippen LogP contribution in [-0.4, -0.2) is 37.0 Å². The predicted octanol–water partition coefficient (Wildman–Crippen LogP) is -0.00860. The third kappa shape index (κ3) is 4.59. The third-order valence-electron chi connectivity index (χ3n) is 2.10. The van der Waals surface area contributed by atoms with E-state index in [2.05, 4.69) is 5.32 Å². The number of hydrogen-bond acceptors (Lipinski definition) is 4. The summed E-state index contributed by atoms with van der Waals surface area (Å²) < 4.78 is 10.9. The Labute approximate surface area is 90.3 Å². The molecule has 88 valence electrons. The molecule has 0 bridgehead atoms. The zero-order valence-electron chi connectivity index (χ0n) is 9.58. The lowest BCUT2D eigenvalue weighted by Gasteiger charge is -2.17. The summed E-state index contributed by atoms with van der Waals surface area (Å²) in [5, 5.41) is 2.77. The molecule has 1 aliphatic heterocycles. The molecule has 0 aromatic heterocycles. The van der Waals surface area contributed by atoms with E-state index in [0.29, 0.717) is 19.6 Å². The van der Waals surface area contributed by atoms with Crippen molar-refractivity contribution >= 4 is 5.91 Å². The molecule has 1 fully saturated rings. The molecular formula is C10H20N2O3. The van der Waals surface area contributed by atoms with Crippen LogP contribution in [0, 0.1) is 0 Å². The maximum Gasteiger partial charge on any atom is 0.221 e. The van der Waals surface area contributed by atoms with Crippen LogP contribution in [0.3, 0.4) is 0 Å². The number of nitrogens with two attached hydrogens (primary N) is 1. The van der Waals surface area contributed by atoms with Gasteiger partial charge in [0, 0.05) is 19.0 Å². The summed E-state index contributed by atoms with van der Waals surface area (Å²) >= 11 is 0. The Morgan fingerprint density at radius 2 is 2.33 bits per heavy atom. The molecule has 1 saturated heterocycles. The molecule has 1 aliphatic rings. The van der Waals surface area contributed by atoms with Gasteiger partial charge >= 0.3 is 0 Å². The number of ether oxygens (including phenoxy) is 2. The molecule has 1 heterocycles. The summed E-state index contributed by atoms with van der Waals surface area (Å²) in [6.45, 7) is 6.52. The van der Waals surface area contributed by atoms with Gasteiger partial charge in [-0.2, -0.15) is 0 Å². The Morgan fingerprint density at radius 3 is 2.80 bits per heavy atom. The number of amides is 1. The van der Waals surface area contributed by atoms with Crippen molar-refractivity contribution in [3.05, 3.63) is 0 Å². The SMILES string of the molecule is CC(N)CC(=O)NCC1COC(C)(C)O1. The van der Waals surface area contributed by atoms with E-state index in [9.17, 15) is 4.79 Å². The third-order valence-corrected chi connectivity index (χ3v) is 2.10. The van der Waals surface area contributed by atoms with E-state index < -0.39 is 5.79 Å². The largest absolute Gasteiger partial charge is 0.353 e. The van der Waals surface area contributed by atoms with Crippen LogP contribution in [0.25, 0.3) is 0 Å². The molecule has 0 saturated carbocycles. The van der Waals surface area contributed by atoms with Gasteiger partial charge in [-0.05, 0) is 20.8 Å². The van der Waals surface area contributed by atoms with Crippen molar-refractivity contribution in [2.45, 2.75) is 45.1 Å². The molecule has 2 atom stereocenters. The zero-order valence-corrected chi connectivity index (χ0v) is 9.58. The van der Waals surface area contributed by atoms with Gasteiger partial charge in [0.25, 0.3) is 0 Å². The average molecular weight is 216 g/mol. The van der Waals surface area contributed by atoms with Gasteiger partial charge in [-0.15, -0.1) is 0 Å². The molecule has 15 heavy (non-hydrogen) atoms. The molecule has 3 N–H and O–H groups in total. The first-order chi connectivity index (χ1) is 6.89. The minimum absolute atomic E-state index is 0.0432. The Hall–Kier alpha value is -0.650. The molecule has 1 rings (SSSR count). The fourth-order valence-electron chi connectivity index (χ4n) is 1.46. The quantitative estimate of drug-likeness (QED) is 0.693. The summed E-state index contributed by atoms with van der Waals surface area (Å²) in [5.74, 6) is -0.574. The molecule has 0 radical (unpaired) electrons. The van der Waals surface area contributed by atoms with Crippen LogP contribution in [0.4, 0.5) is 0 Å². The second-order valence-corrected chi connectivity index (χ2v) is 4.44. The van der Waals surface area contributed by atoms with Crippen LogP contribution in [0.5, 0.6) is 0 Å². The zero-order chi connectivity index (χ0) is 11.5. The van der Waals surface area contributed by atoms with Crippen molar-refractivity contribution in [2.24, 2.45) is 5.73 Å². The Kier molecular flexibility index (Phi) is 4.07. The second kappa shape index (κ2) is 4.92. The molecule has 0 aromatic carbocycles. The number of nitrogens with one attached hydrogen (secondary N) is 1. The Morgan fingerprint density at radius 1 is 1.67 bits per heavy atom. The van der Waals surface area contributed by atoms with Crippen LogP contribution >= 0.6 is 0 Å². The van der Waals surface area contributed by atoms with E-state index in [0.717, 1.165) is 0 Å². The summed E-state index contributed by atoms with van der Waals surface area (Å²) in [5.41, 5.74) is 5.50. The lowest BCUT2D eigenvalue weighted by molar-refractivity contribution is -0.139. The minimum Gasteiger partial charge on any atom is -0.353 e. The maximum atomic E-state index is 11.3. The van der Waals surface area contributed by atoms with Crippen molar-refractivity contribution < 1.29 is 14.3 Å². The average Bonchev–Trinajstić information content (AvgIpc) is 2.41. The number of carbonyl (C=O) groups excluding carboxylic acids is 1. The first-order valence-corrected chi connectivity index (χ1v) is 5.23. The van der Waals surface area contributed by atoms with Crippen LogP contribution in [0.2, 0.25) is 0 Å². The number of rotatable bonds is 4. The molecular weight excluding hydrogens is 196 g/mol. The highest BCUT2D eigenvalue weighted by molar-refractivity contribution is 5.76. The topological polar surface area (TPSA) is 73.6 Å². The lowest BCUT2D eigenvalue weighted by atomic mass is 10.2. The van der Waals surface area contributed by atoms with E-state index in [1.54, 1.807) is 6.92 Å². The predicted molar refractivity (Wildman–Crippen MR) is 56.2 cm³/mol. The standard InChI is InChI=1S/C10H20N2O3/c1-7(11)4-9(13)12-5-8-6-14-10(2,3)15-8/h7-8H,4-6,11H2,1-3H3,(H,12,13). The molecule has 0 spiro atoms. The molecule has 5 nitrogen and oxygen atoms in total. The van der Waals surface area contributed by atoms with Gasteiger partial charge in [0.15, 0.2) is 5.79 Å². The van der Waals surface area contributed by atoms with Crippen molar-refractivity contribution in [3.8, 4) is 0 Å². The fourth-order valence-corrected chi connectivity index (χ4v) is 1.46. The van der Waals surface area contributed by atoms with E-state index >= 15 is 0 Å². The summed E-state index contributed by atoms with van der Waals surface area (Å²) in [6, 6.07) is -0.109. The summed E-state index contributed by atoms with van der Waals surface area (Å²) in [6.07, 6.45) is 0.286. The smallest absolute Gasteiger partial charge is 0.221 e. The highest BCUT2D eigenvalue weighted by Gasteiger charge is 2.32. The molecule has 0 aliphatic carbocycles. The van der Waals surface area contributed by atoms with Gasteiger partial charge in [-0.3, -0.25) is 4.79 Å². The Balaban J connectivity index is 2.18. The highest BCUT2D eigenvalue weighted by atomic mass is 16.7. The second-order valence-electron chi connectivity index (χ2n) is 4.44. The van der Waals surface area contributed by atoms with E-state index in [1.807, 2.05) is 13.8 Å². The Bertz CT molecular complexity index is 229. The van der Waals surface area contributed by atoms with Gasteiger partial charge in [0.2, 0.25) is 5.91 Å². The van der Waals surface area contributed by atoms with Gasteiger partial charge in [-0.25, -0.2) is 0 Å². The van der Waals surface area contributed by atoms with Crippen LogP contribution in [-0.2, 0) is 14.3 Å². The lowest BCUT2D eigenvalue weighted by Crippen LogP contribution is -2.36. The van der Waals surface area contributed by atoms with Crippen molar-refractivity contribution in [1.29, 1.82) is 0 Å². The number of carbonyl (C=O) groups is 1. The van der Waals surface area contributed by atoms with Gasteiger partial charge < -0.3 is 20.5 Å². The minimum atomic E-state index is -0.531.